The number of hydrogen-bond acceptors (Lipinski definition) is 8. The molecule has 1 fully saturated rings. The number of aromatic hydroxyl groups is 1. The number of nitrogens with zero attached hydrogens (tertiary/aromatic N) is 3. The van der Waals surface area contributed by atoms with Gasteiger partial charge in [0.1, 0.15) is 18.1 Å². The molecule has 0 radical (unpaired) electrons. The van der Waals surface area contributed by atoms with Gasteiger partial charge in [0.15, 0.2) is 5.82 Å². The summed E-state index contributed by atoms with van der Waals surface area (Å²) in [4.78, 5) is 26.1. The molecule has 1 saturated heterocycles. The number of furan rings is 1. The average molecular weight is 474 g/mol. The van der Waals surface area contributed by atoms with Crippen LogP contribution in [-0.2, 0) is 6.61 Å². The number of H-pyrrole nitrogens is 1. The molecule has 180 valence electrons. The molecule has 9 heteroatoms. The Bertz CT molecular complexity index is 1430. The van der Waals surface area contributed by atoms with Crippen molar-refractivity contribution >= 4 is 28.5 Å². The van der Waals surface area contributed by atoms with Crippen LogP contribution in [0.1, 0.15) is 25.2 Å². The molecule has 5 rings (SSSR count). The maximum Gasteiger partial charge on any atom is 0.258 e. The molecule has 0 aliphatic carbocycles. The van der Waals surface area contributed by atoms with E-state index in [0.29, 0.717) is 51.3 Å². The summed E-state index contributed by atoms with van der Waals surface area (Å²) in [5.41, 5.74) is 1.70. The van der Waals surface area contributed by atoms with Crippen LogP contribution in [0.3, 0.4) is 0 Å². The van der Waals surface area contributed by atoms with Crippen LogP contribution < -0.4 is 15.8 Å². The first-order valence-corrected chi connectivity index (χ1v) is 11.5. The maximum atomic E-state index is 12.4. The summed E-state index contributed by atoms with van der Waals surface area (Å²) in [6.45, 7) is 5.94. The van der Waals surface area contributed by atoms with Crippen LogP contribution in [0.15, 0.2) is 62.9 Å². The second kappa shape index (κ2) is 9.36. The number of rotatable bonds is 5. The van der Waals surface area contributed by atoms with E-state index in [4.69, 9.17) is 4.42 Å². The molecule has 9 nitrogen and oxygen atoms in total. The Morgan fingerprint density at radius 2 is 1.94 bits per heavy atom. The smallest absolute Gasteiger partial charge is 0.258 e. The van der Waals surface area contributed by atoms with Crippen molar-refractivity contribution in [3.05, 3.63) is 70.3 Å². The molecular weight excluding hydrogens is 446 g/mol. The van der Waals surface area contributed by atoms with Crippen molar-refractivity contribution in [3.63, 3.8) is 0 Å². The summed E-state index contributed by atoms with van der Waals surface area (Å²) in [5.74, 6) is 1.19. The molecule has 3 aromatic heterocycles. The number of aliphatic hydroxyl groups excluding tert-OH is 1. The van der Waals surface area contributed by atoms with Crippen molar-refractivity contribution in [2.45, 2.75) is 32.5 Å². The van der Waals surface area contributed by atoms with Crippen LogP contribution in [0.2, 0.25) is 0 Å². The maximum absolute atomic E-state index is 12.4. The Hall–Kier alpha value is -3.95. The number of piperazine rings is 1. The van der Waals surface area contributed by atoms with E-state index in [1.54, 1.807) is 36.5 Å². The monoisotopic (exact) mass is 473 g/mol. The van der Waals surface area contributed by atoms with Gasteiger partial charge in [0.05, 0.1) is 17.4 Å². The Kier molecular flexibility index (Phi) is 6.10. The van der Waals surface area contributed by atoms with Crippen LogP contribution in [0.25, 0.3) is 22.1 Å². The van der Waals surface area contributed by atoms with Crippen molar-refractivity contribution in [3.8, 4) is 17.2 Å². The van der Waals surface area contributed by atoms with Gasteiger partial charge < -0.3 is 24.8 Å². The summed E-state index contributed by atoms with van der Waals surface area (Å²) in [6, 6.07) is 13.2. The van der Waals surface area contributed by atoms with Gasteiger partial charge in [-0.05, 0) is 50.2 Å². The highest BCUT2D eigenvalue weighted by Crippen LogP contribution is 2.29. The fraction of sp³-hybridized carbons (Fsp3) is 0.269. The largest absolute Gasteiger partial charge is 0.494 e. The number of fused-ring (bicyclic) bond motifs is 1. The minimum Gasteiger partial charge on any atom is -0.494 e. The highest BCUT2D eigenvalue weighted by Gasteiger charge is 2.21. The van der Waals surface area contributed by atoms with Gasteiger partial charge in [0, 0.05) is 47.7 Å². The standard InChI is InChI=1S/C26H27N5O4/c1-15-12-31(13-16(2)29-15)18-4-8-24(27-10-18)28-11-22-21-9-17(23-7-5-19(14-32)35-23)3-6-20(21)25(33)30-26(22)34/h3-11,15-16,29,32H,12-14H2,1-2H3,(H2,30,33,34)/t15-,16+. The Balaban J connectivity index is 1.46. The van der Waals surface area contributed by atoms with E-state index >= 15 is 0 Å². The Morgan fingerprint density at radius 1 is 1.14 bits per heavy atom. The molecule has 0 bridgehead atoms. The molecule has 1 aliphatic rings. The lowest BCUT2D eigenvalue weighted by atomic mass is 10.0. The van der Waals surface area contributed by atoms with Crippen molar-refractivity contribution in [1.29, 1.82) is 0 Å². The van der Waals surface area contributed by atoms with E-state index in [-0.39, 0.29) is 12.5 Å². The zero-order chi connectivity index (χ0) is 24.5. The van der Waals surface area contributed by atoms with Crippen molar-refractivity contribution in [2.24, 2.45) is 4.99 Å². The fourth-order valence-electron chi connectivity index (χ4n) is 4.55. The number of benzene rings is 1. The SMILES string of the molecule is C[C@@H]1CN(c2ccc(N=Cc3c(O)[nH]c(=O)c4ccc(-c5ccc(CO)o5)cc34)nc2)C[C@H](C)N1. The molecule has 4 heterocycles. The zero-order valence-electron chi connectivity index (χ0n) is 19.5. The Morgan fingerprint density at radius 3 is 2.63 bits per heavy atom. The minimum absolute atomic E-state index is 0.204. The lowest BCUT2D eigenvalue weighted by Crippen LogP contribution is -2.54. The first-order chi connectivity index (χ1) is 16.9. The van der Waals surface area contributed by atoms with E-state index in [0.717, 1.165) is 18.8 Å². The molecule has 2 atom stereocenters. The summed E-state index contributed by atoms with van der Waals surface area (Å²) in [5, 5.41) is 24.2. The molecule has 1 aliphatic heterocycles. The van der Waals surface area contributed by atoms with Gasteiger partial charge >= 0.3 is 0 Å². The van der Waals surface area contributed by atoms with Gasteiger partial charge in [-0.3, -0.25) is 9.78 Å². The third kappa shape index (κ3) is 4.68. The number of pyridine rings is 2. The predicted octanol–water partition coefficient (Wildman–Crippen LogP) is 3.32. The number of aromatic amines is 1. The number of nitrogens with one attached hydrogen (secondary N) is 2. The van der Waals surface area contributed by atoms with Crippen LogP contribution in [0.4, 0.5) is 11.5 Å². The second-order valence-corrected chi connectivity index (χ2v) is 8.91. The lowest BCUT2D eigenvalue weighted by Gasteiger charge is -2.37. The van der Waals surface area contributed by atoms with Crippen molar-refractivity contribution in [1.82, 2.24) is 15.3 Å². The van der Waals surface area contributed by atoms with E-state index in [1.807, 2.05) is 12.1 Å². The van der Waals surface area contributed by atoms with E-state index in [9.17, 15) is 15.0 Å². The highest BCUT2D eigenvalue weighted by molar-refractivity contribution is 6.03. The molecule has 4 aromatic rings. The minimum atomic E-state index is -0.404. The normalized spacial score (nSPS) is 18.5. The molecular formula is C26H27N5O4. The van der Waals surface area contributed by atoms with Gasteiger partial charge in [0.2, 0.25) is 5.88 Å². The first kappa shape index (κ1) is 22.8. The average Bonchev–Trinajstić information content (AvgIpc) is 3.33. The molecule has 0 spiro atoms. The molecule has 0 unspecified atom stereocenters. The number of hydrogen-bond donors (Lipinski definition) is 4. The molecule has 4 N–H and O–H groups in total. The third-order valence-electron chi connectivity index (χ3n) is 6.12. The summed E-state index contributed by atoms with van der Waals surface area (Å²) in [6.07, 6.45) is 3.30. The van der Waals surface area contributed by atoms with E-state index < -0.39 is 5.56 Å². The fourth-order valence-corrected chi connectivity index (χ4v) is 4.55. The zero-order valence-corrected chi connectivity index (χ0v) is 19.5. The van der Waals surface area contributed by atoms with Crippen molar-refractivity contribution < 1.29 is 14.6 Å². The number of aromatic nitrogens is 2. The number of aliphatic hydroxyl groups is 1. The predicted molar refractivity (Wildman–Crippen MR) is 136 cm³/mol. The number of anilines is 1. The third-order valence-corrected chi connectivity index (χ3v) is 6.12. The van der Waals surface area contributed by atoms with Crippen LogP contribution in [0.5, 0.6) is 5.88 Å². The first-order valence-electron chi connectivity index (χ1n) is 11.5. The molecule has 1 aromatic carbocycles. The van der Waals surface area contributed by atoms with Crippen molar-refractivity contribution in [2.75, 3.05) is 18.0 Å². The lowest BCUT2D eigenvalue weighted by molar-refractivity contribution is 0.248. The summed E-state index contributed by atoms with van der Waals surface area (Å²) in [7, 11) is 0. The van der Waals surface area contributed by atoms with Crippen LogP contribution >= 0.6 is 0 Å². The van der Waals surface area contributed by atoms with Gasteiger partial charge in [-0.25, -0.2) is 9.98 Å². The highest BCUT2D eigenvalue weighted by atomic mass is 16.4. The quantitative estimate of drug-likeness (QED) is 0.328. The van der Waals surface area contributed by atoms with E-state index in [1.165, 1.54) is 6.21 Å². The van der Waals surface area contributed by atoms with Gasteiger partial charge in [-0.15, -0.1) is 0 Å². The van der Waals surface area contributed by atoms with Crippen LogP contribution in [0, 0.1) is 0 Å². The topological polar surface area (TPSA) is 127 Å². The molecule has 0 saturated carbocycles. The number of aliphatic imine (C=N–C) groups is 1. The summed E-state index contributed by atoms with van der Waals surface area (Å²) >= 11 is 0. The van der Waals surface area contributed by atoms with Gasteiger partial charge in [-0.1, -0.05) is 6.07 Å². The van der Waals surface area contributed by atoms with Crippen LogP contribution in [-0.4, -0.2) is 51.6 Å². The molecule has 0 amide bonds. The summed E-state index contributed by atoms with van der Waals surface area (Å²) < 4.78 is 5.62. The van der Waals surface area contributed by atoms with Gasteiger partial charge in [-0.2, -0.15) is 0 Å². The van der Waals surface area contributed by atoms with Gasteiger partial charge in [0.25, 0.3) is 5.56 Å². The second-order valence-electron chi connectivity index (χ2n) is 8.91. The molecule has 35 heavy (non-hydrogen) atoms. The van der Waals surface area contributed by atoms with E-state index in [2.05, 4.69) is 39.0 Å². The Labute approximate surface area is 201 Å².